The molecular weight excluding hydrogens is 381 g/mol. The van der Waals surface area contributed by atoms with E-state index >= 15 is 0 Å². The fraction of sp³-hybridized carbons (Fsp3) is 0.158. The van der Waals surface area contributed by atoms with Crippen LogP contribution < -0.4 is 10.7 Å². The van der Waals surface area contributed by atoms with Crippen molar-refractivity contribution in [3.8, 4) is 0 Å². The summed E-state index contributed by atoms with van der Waals surface area (Å²) in [5.74, 6) is -0.719. The largest absolute Gasteiger partial charge is 0.416 e. The quantitative estimate of drug-likeness (QED) is 0.683. The summed E-state index contributed by atoms with van der Waals surface area (Å²) in [6, 6.07) is 9.27. The predicted octanol–water partition coefficient (Wildman–Crippen LogP) is 4.95. The third-order valence-electron chi connectivity index (χ3n) is 4.08. The number of pyridine rings is 1. The summed E-state index contributed by atoms with van der Waals surface area (Å²) in [4.78, 5) is 25.3. The van der Waals surface area contributed by atoms with Gasteiger partial charge in [-0.15, -0.1) is 0 Å². The lowest BCUT2D eigenvalue weighted by atomic mass is 10.1. The van der Waals surface area contributed by atoms with Crippen molar-refractivity contribution in [3.05, 3.63) is 75.0 Å². The number of carbonyl (C=O) groups is 1. The van der Waals surface area contributed by atoms with Crippen LogP contribution in [0.5, 0.6) is 0 Å². The van der Waals surface area contributed by atoms with Gasteiger partial charge < -0.3 is 9.88 Å². The van der Waals surface area contributed by atoms with Gasteiger partial charge in [-0.3, -0.25) is 9.59 Å². The summed E-state index contributed by atoms with van der Waals surface area (Å²) < 4.78 is 40.6. The van der Waals surface area contributed by atoms with Crippen LogP contribution in [0.25, 0.3) is 10.9 Å². The molecule has 0 fully saturated rings. The average Bonchev–Trinajstić information content (AvgIpc) is 2.61. The molecule has 0 radical (unpaired) electrons. The standard InChI is InChI=1S/C19H14ClF3N2O2/c1-2-25-10-15(18(27)24-13-5-3-4-12(20)9-13)17(26)14-8-11(19(21,22)23)6-7-16(14)25/h3-10H,2H2,1H3,(H,24,27). The van der Waals surface area contributed by atoms with Gasteiger partial charge in [-0.2, -0.15) is 13.2 Å². The van der Waals surface area contributed by atoms with Crippen LogP contribution in [-0.4, -0.2) is 10.5 Å². The van der Waals surface area contributed by atoms with Crippen molar-refractivity contribution in [2.24, 2.45) is 0 Å². The van der Waals surface area contributed by atoms with Gasteiger partial charge in [-0.1, -0.05) is 17.7 Å². The topological polar surface area (TPSA) is 51.1 Å². The Bertz CT molecular complexity index is 1090. The van der Waals surface area contributed by atoms with E-state index < -0.39 is 23.1 Å². The molecule has 0 aliphatic rings. The lowest BCUT2D eigenvalue weighted by Gasteiger charge is -2.14. The molecule has 8 heteroatoms. The number of hydrogen-bond acceptors (Lipinski definition) is 2. The molecule has 3 aromatic rings. The first kappa shape index (κ1) is 19.0. The molecule has 1 aromatic heterocycles. The van der Waals surface area contributed by atoms with E-state index in [4.69, 9.17) is 11.6 Å². The molecule has 0 saturated carbocycles. The normalized spacial score (nSPS) is 11.6. The van der Waals surface area contributed by atoms with Crippen molar-refractivity contribution >= 4 is 34.1 Å². The van der Waals surface area contributed by atoms with Gasteiger partial charge in [-0.25, -0.2) is 0 Å². The SMILES string of the molecule is CCn1cc(C(=O)Nc2cccc(Cl)c2)c(=O)c2cc(C(F)(F)F)ccc21. The van der Waals surface area contributed by atoms with Crippen LogP contribution in [-0.2, 0) is 12.7 Å². The minimum atomic E-state index is -4.59. The zero-order chi connectivity index (χ0) is 19.8. The number of nitrogens with zero attached hydrogens (tertiary/aromatic N) is 1. The van der Waals surface area contributed by atoms with Crippen LogP contribution in [0.1, 0.15) is 22.8 Å². The molecule has 1 N–H and O–H groups in total. The van der Waals surface area contributed by atoms with Crippen molar-refractivity contribution in [1.29, 1.82) is 0 Å². The van der Waals surface area contributed by atoms with Gasteiger partial charge in [0.1, 0.15) is 5.56 Å². The van der Waals surface area contributed by atoms with Crippen LogP contribution in [0.15, 0.2) is 53.5 Å². The van der Waals surface area contributed by atoms with E-state index in [1.165, 1.54) is 18.3 Å². The van der Waals surface area contributed by atoms with E-state index in [1.807, 2.05) is 0 Å². The van der Waals surface area contributed by atoms with Gasteiger partial charge in [0.15, 0.2) is 0 Å². The number of nitrogens with one attached hydrogen (secondary N) is 1. The van der Waals surface area contributed by atoms with Crippen molar-refractivity contribution in [1.82, 2.24) is 4.57 Å². The minimum absolute atomic E-state index is 0.162. The zero-order valence-corrected chi connectivity index (χ0v) is 14.9. The van der Waals surface area contributed by atoms with E-state index in [0.717, 1.165) is 12.1 Å². The molecule has 0 saturated heterocycles. The Morgan fingerprint density at radius 2 is 1.93 bits per heavy atom. The monoisotopic (exact) mass is 394 g/mol. The minimum Gasteiger partial charge on any atom is -0.347 e. The lowest BCUT2D eigenvalue weighted by Crippen LogP contribution is -2.24. The molecule has 0 atom stereocenters. The van der Waals surface area contributed by atoms with Crippen LogP contribution in [0.3, 0.4) is 0 Å². The van der Waals surface area contributed by atoms with Crippen molar-refractivity contribution in [2.45, 2.75) is 19.6 Å². The number of hydrogen-bond donors (Lipinski definition) is 1. The van der Waals surface area contributed by atoms with E-state index in [0.29, 0.717) is 22.8 Å². The van der Waals surface area contributed by atoms with Crippen molar-refractivity contribution in [3.63, 3.8) is 0 Å². The molecule has 27 heavy (non-hydrogen) atoms. The third kappa shape index (κ3) is 3.83. The van der Waals surface area contributed by atoms with E-state index in [1.54, 1.807) is 29.7 Å². The molecular formula is C19H14ClF3N2O2. The average molecular weight is 395 g/mol. The lowest BCUT2D eigenvalue weighted by molar-refractivity contribution is -0.137. The fourth-order valence-corrected chi connectivity index (χ4v) is 2.95. The second-order valence-corrected chi connectivity index (χ2v) is 6.29. The molecule has 1 heterocycles. The van der Waals surface area contributed by atoms with Gasteiger partial charge in [0.05, 0.1) is 11.1 Å². The summed E-state index contributed by atoms with van der Waals surface area (Å²) in [7, 11) is 0. The molecule has 1 amide bonds. The van der Waals surface area contributed by atoms with Gasteiger partial charge >= 0.3 is 6.18 Å². The maximum absolute atomic E-state index is 13.0. The first-order valence-electron chi connectivity index (χ1n) is 8.02. The summed E-state index contributed by atoms with van der Waals surface area (Å²) in [5.41, 5.74) is -1.25. The van der Waals surface area contributed by atoms with Gasteiger partial charge in [0.25, 0.3) is 5.91 Å². The van der Waals surface area contributed by atoms with Crippen LogP contribution in [0, 0.1) is 0 Å². The Morgan fingerprint density at radius 3 is 2.56 bits per heavy atom. The summed E-state index contributed by atoms with van der Waals surface area (Å²) >= 11 is 5.87. The Morgan fingerprint density at radius 1 is 1.19 bits per heavy atom. The van der Waals surface area contributed by atoms with Gasteiger partial charge in [0, 0.05) is 28.8 Å². The maximum Gasteiger partial charge on any atom is 0.416 e. The number of carbonyl (C=O) groups excluding carboxylic acids is 1. The first-order chi connectivity index (χ1) is 12.7. The Balaban J connectivity index is 2.13. The molecule has 140 valence electrons. The van der Waals surface area contributed by atoms with Crippen molar-refractivity contribution in [2.75, 3.05) is 5.32 Å². The Hall–Kier alpha value is -2.80. The Kier molecular flexibility index (Phi) is 4.97. The number of aromatic nitrogens is 1. The van der Waals surface area contributed by atoms with E-state index in [9.17, 15) is 22.8 Å². The first-order valence-corrected chi connectivity index (χ1v) is 8.40. The third-order valence-corrected chi connectivity index (χ3v) is 4.31. The highest BCUT2D eigenvalue weighted by Crippen LogP contribution is 2.31. The summed E-state index contributed by atoms with van der Waals surface area (Å²) in [6.45, 7) is 2.14. The molecule has 0 unspecified atom stereocenters. The van der Waals surface area contributed by atoms with Crippen LogP contribution in [0.4, 0.5) is 18.9 Å². The highest BCUT2D eigenvalue weighted by molar-refractivity contribution is 6.31. The van der Waals surface area contributed by atoms with Gasteiger partial charge in [0.2, 0.25) is 5.43 Å². The second kappa shape index (κ2) is 7.08. The molecule has 2 aromatic carbocycles. The maximum atomic E-state index is 13.0. The molecule has 0 bridgehead atoms. The van der Waals surface area contributed by atoms with Crippen LogP contribution in [0.2, 0.25) is 5.02 Å². The number of alkyl halides is 3. The van der Waals surface area contributed by atoms with Crippen molar-refractivity contribution < 1.29 is 18.0 Å². The smallest absolute Gasteiger partial charge is 0.347 e. The molecule has 0 aliphatic carbocycles. The number of amides is 1. The Labute approximate surface area is 157 Å². The predicted molar refractivity (Wildman–Crippen MR) is 98.3 cm³/mol. The molecule has 0 aliphatic heterocycles. The fourth-order valence-electron chi connectivity index (χ4n) is 2.76. The van der Waals surface area contributed by atoms with E-state index in [2.05, 4.69) is 5.32 Å². The highest BCUT2D eigenvalue weighted by atomic mass is 35.5. The summed E-state index contributed by atoms with van der Waals surface area (Å²) in [6.07, 6.45) is -3.24. The van der Waals surface area contributed by atoms with Crippen LogP contribution >= 0.6 is 11.6 Å². The number of aryl methyl sites for hydroxylation is 1. The second-order valence-electron chi connectivity index (χ2n) is 5.85. The molecule has 0 spiro atoms. The number of fused-ring (bicyclic) bond motifs is 1. The summed E-state index contributed by atoms with van der Waals surface area (Å²) in [5, 5.41) is 2.78. The number of anilines is 1. The number of benzene rings is 2. The molecule has 4 nitrogen and oxygen atoms in total. The van der Waals surface area contributed by atoms with E-state index in [-0.39, 0.29) is 10.9 Å². The number of halogens is 4. The molecule has 3 rings (SSSR count). The number of rotatable bonds is 3. The zero-order valence-electron chi connectivity index (χ0n) is 14.1. The highest BCUT2D eigenvalue weighted by Gasteiger charge is 2.31. The van der Waals surface area contributed by atoms with Gasteiger partial charge in [-0.05, 0) is 43.3 Å².